The molecule has 2 aromatic carbocycles. The third kappa shape index (κ3) is 3.68. The summed E-state index contributed by atoms with van der Waals surface area (Å²) in [5, 5.41) is 2.53. The number of nitrogens with zero attached hydrogens (tertiary/aromatic N) is 1. The van der Waals surface area contributed by atoms with Gasteiger partial charge in [-0.05, 0) is 55.0 Å². The molecule has 4 nitrogen and oxygen atoms in total. The Morgan fingerprint density at radius 2 is 1.65 bits per heavy atom. The first kappa shape index (κ1) is 17.9. The Morgan fingerprint density at radius 1 is 1.04 bits per heavy atom. The zero-order valence-electron chi connectivity index (χ0n) is 13.4. The molecular weight excluding hydrogens is 352 g/mol. The molecule has 2 amide bonds. The van der Waals surface area contributed by atoms with Crippen molar-refractivity contribution >= 4 is 17.5 Å². The van der Waals surface area contributed by atoms with E-state index < -0.39 is 29.5 Å². The van der Waals surface area contributed by atoms with E-state index in [2.05, 4.69) is 5.32 Å². The predicted molar refractivity (Wildman–Crippen MR) is 86.1 cm³/mol. The maximum atomic E-state index is 13.0. The highest BCUT2D eigenvalue weighted by Crippen LogP contribution is 2.29. The van der Waals surface area contributed by atoms with E-state index in [-0.39, 0.29) is 11.5 Å². The lowest BCUT2D eigenvalue weighted by molar-refractivity contribution is -0.137. The second-order valence-electron chi connectivity index (χ2n) is 5.86. The normalized spacial score (nSPS) is 17.5. The zero-order valence-corrected chi connectivity index (χ0v) is 13.4. The molecule has 1 fully saturated rings. The number of hydrogen-bond donors (Lipinski definition) is 1. The van der Waals surface area contributed by atoms with Crippen LogP contribution < -0.4 is 10.2 Å². The van der Waals surface area contributed by atoms with Crippen molar-refractivity contribution in [2.75, 3.05) is 11.4 Å². The molecule has 0 unspecified atom stereocenters. The average molecular weight is 366 g/mol. The Balaban J connectivity index is 1.66. The summed E-state index contributed by atoms with van der Waals surface area (Å²) in [6.07, 6.45) is -4.13. The van der Waals surface area contributed by atoms with E-state index in [9.17, 15) is 27.2 Å². The second-order valence-corrected chi connectivity index (χ2v) is 5.86. The van der Waals surface area contributed by atoms with Crippen LogP contribution in [0.4, 0.5) is 23.2 Å². The van der Waals surface area contributed by atoms with E-state index in [1.165, 1.54) is 29.2 Å². The van der Waals surface area contributed by atoms with Gasteiger partial charge in [0.1, 0.15) is 11.9 Å². The standard InChI is InChI=1S/C18H14F4N2O2/c19-13-5-7-14(8-6-13)24-10-9-15(17(24)26)23-16(25)11-1-3-12(4-2-11)18(20,21)22/h1-8,15H,9-10H2,(H,23,25)/t15-/m1/s1. The molecule has 136 valence electrons. The highest BCUT2D eigenvalue weighted by atomic mass is 19.4. The SMILES string of the molecule is O=C(N[C@@H]1CCN(c2ccc(F)cc2)C1=O)c1ccc(C(F)(F)F)cc1. The van der Waals surface area contributed by atoms with E-state index in [0.717, 1.165) is 24.3 Å². The van der Waals surface area contributed by atoms with Crippen molar-refractivity contribution in [1.29, 1.82) is 0 Å². The maximum Gasteiger partial charge on any atom is 0.416 e. The van der Waals surface area contributed by atoms with E-state index in [1.54, 1.807) is 0 Å². The number of amides is 2. The lowest BCUT2D eigenvalue weighted by Gasteiger charge is -2.17. The van der Waals surface area contributed by atoms with Gasteiger partial charge in [0.25, 0.3) is 5.91 Å². The van der Waals surface area contributed by atoms with Gasteiger partial charge in [0, 0.05) is 17.8 Å². The first-order valence-electron chi connectivity index (χ1n) is 7.81. The molecule has 1 saturated heterocycles. The van der Waals surface area contributed by atoms with E-state index in [1.807, 2.05) is 0 Å². The molecule has 1 heterocycles. The minimum Gasteiger partial charge on any atom is -0.340 e. The summed E-state index contributed by atoms with van der Waals surface area (Å²) in [6.45, 7) is 0.350. The molecular formula is C18H14F4N2O2. The van der Waals surface area contributed by atoms with Crippen molar-refractivity contribution < 1.29 is 27.2 Å². The van der Waals surface area contributed by atoms with Crippen LogP contribution >= 0.6 is 0 Å². The van der Waals surface area contributed by atoms with E-state index >= 15 is 0 Å². The van der Waals surface area contributed by atoms with Crippen molar-refractivity contribution in [2.24, 2.45) is 0 Å². The van der Waals surface area contributed by atoms with Crippen molar-refractivity contribution in [2.45, 2.75) is 18.6 Å². The highest BCUT2D eigenvalue weighted by Gasteiger charge is 2.34. The first-order valence-corrected chi connectivity index (χ1v) is 7.81. The molecule has 1 aliphatic heterocycles. The van der Waals surface area contributed by atoms with Crippen LogP contribution in [0.5, 0.6) is 0 Å². The number of carbonyl (C=O) groups excluding carboxylic acids is 2. The van der Waals surface area contributed by atoms with Crippen molar-refractivity contribution in [1.82, 2.24) is 5.32 Å². The molecule has 0 radical (unpaired) electrons. The van der Waals surface area contributed by atoms with Crippen LogP contribution in [0.15, 0.2) is 48.5 Å². The van der Waals surface area contributed by atoms with Gasteiger partial charge in [-0.15, -0.1) is 0 Å². The molecule has 2 aromatic rings. The van der Waals surface area contributed by atoms with Crippen molar-refractivity contribution in [3.63, 3.8) is 0 Å². The summed E-state index contributed by atoms with van der Waals surface area (Å²) in [5.74, 6) is -1.40. The van der Waals surface area contributed by atoms with Crippen LogP contribution in [-0.2, 0) is 11.0 Å². The Hall–Kier alpha value is -2.90. The molecule has 0 aromatic heterocycles. The molecule has 1 aliphatic rings. The first-order chi connectivity index (χ1) is 12.3. The van der Waals surface area contributed by atoms with Crippen molar-refractivity contribution in [3.05, 3.63) is 65.5 Å². The van der Waals surface area contributed by atoms with Crippen LogP contribution in [0.25, 0.3) is 0 Å². The van der Waals surface area contributed by atoms with Crippen LogP contribution in [0, 0.1) is 5.82 Å². The minimum atomic E-state index is -4.48. The molecule has 0 bridgehead atoms. The smallest absolute Gasteiger partial charge is 0.340 e. The topological polar surface area (TPSA) is 49.4 Å². The maximum absolute atomic E-state index is 13.0. The van der Waals surface area contributed by atoms with Gasteiger partial charge in [-0.2, -0.15) is 13.2 Å². The molecule has 8 heteroatoms. The molecule has 26 heavy (non-hydrogen) atoms. The third-order valence-corrected chi connectivity index (χ3v) is 4.12. The van der Waals surface area contributed by atoms with E-state index in [4.69, 9.17) is 0 Å². The fraction of sp³-hybridized carbons (Fsp3) is 0.222. The molecule has 0 saturated carbocycles. The van der Waals surface area contributed by atoms with Crippen molar-refractivity contribution in [3.8, 4) is 0 Å². The van der Waals surface area contributed by atoms with E-state index in [0.29, 0.717) is 18.7 Å². The van der Waals surface area contributed by atoms with Gasteiger partial charge in [0.15, 0.2) is 0 Å². The Labute approximate surface area is 146 Å². The zero-order chi connectivity index (χ0) is 18.9. The Kier molecular flexibility index (Phi) is 4.67. The number of nitrogens with one attached hydrogen (secondary N) is 1. The van der Waals surface area contributed by atoms with Gasteiger partial charge >= 0.3 is 6.18 Å². The summed E-state index contributed by atoms with van der Waals surface area (Å²) >= 11 is 0. The fourth-order valence-corrected chi connectivity index (χ4v) is 2.74. The Morgan fingerprint density at radius 3 is 2.23 bits per heavy atom. The number of halogens is 4. The quantitative estimate of drug-likeness (QED) is 0.847. The number of alkyl halides is 3. The molecule has 1 N–H and O–H groups in total. The number of anilines is 1. The number of benzene rings is 2. The van der Waals surface area contributed by atoms with Gasteiger partial charge in [0.2, 0.25) is 5.91 Å². The summed E-state index contributed by atoms with van der Waals surface area (Å²) < 4.78 is 50.6. The second kappa shape index (κ2) is 6.78. The van der Waals surface area contributed by atoms with Gasteiger partial charge in [-0.3, -0.25) is 9.59 Å². The van der Waals surface area contributed by atoms with Gasteiger partial charge < -0.3 is 10.2 Å². The van der Waals surface area contributed by atoms with Crippen LogP contribution in [0.2, 0.25) is 0 Å². The van der Waals surface area contributed by atoms with Crippen LogP contribution in [-0.4, -0.2) is 24.4 Å². The summed E-state index contributed by atoms with van der Waals surface area (Å²) in [6, 6.07) is 8.38. The number of hydrogen-bond acceptors (Lipinski definition) is 2. The average Bonchev–Trinajstić information content (AvgIpc) is 2.96. The number of carbonyl (C=O) groups is 2. The molecule has 0 aliphatic carbocycles. The van der Waals surface area contributed by atoms with Crippen LogP contribution in [0.1, 0.15) is 22.3 Å². The van der Waals surface area contributed by atoms with Gasteiger partial charge in [0.05, 0.1) is 5.56 Å². The largest absolute Gasteiger partial charge is 0.416 e. The molecule has 3 rings (SSSR count). The summed E-state index contributed by atoms with van der Waals surface area (Å²) in [7, 11) is 0. The lowest BCUT2D eigenvalue weighted by atomic mass is 10.1. The highest BCUT2D eigenvalue weighted by molar-refractivity contribution is 6.03. The fourth-order valence-electron chi connectivity index (χ4n) is 2.74. The lowest BCUT2D eigenvalue weighted by Crippen LogP contribution is -2.41. The van der Waals surface area contributed by atoms with Gasteiger partial charge in [-0.25, -0.2) is 4.39 Å². The van der Waals surface area contributed by atoms with Gasteiger partial charge in [-0.1, -0.05) is 0 Å². The van der Waals surface area contributed by atoms with Crippen LogP contribution in [0.3, 0.4) is 0 Å². The molecule has 0 spiro atoms. The number of rotatable bonds is 3. The Bertz CT molecular complexity index is 817. The minimum absolute atomic E-state index is 0.0334. The summed E-state index contributed by atoms with van der Waals surface area (Å²) in [5.41, 5.74) is -0.304. The predicted octanol–water partition coefficient (Wildman–Crippen LogP) is 3.38. The molecule has 1 atom stereocenters. The monoisotopic (exact) mass is 366 g/mol. The third-order valence-electron chi connectivity index (χ3n) is 4.12. The summed E-state index contributed by atoms with van der Waals surface area (Å²) in [4.78, 5) is 26.0.